The van der Waals surface area contributed by atoms with Crippen LogP contribution in [0.5, 0.6) is 0 Å². The van der Waals surface area contributed by atoms with Crippen molar-refractivity contribution in [3.05, 3.63) is 47.0 Å². The molecule has 0 aliphatic heterocycles. The van der Waals surface area contributed by atoms with E-state index in [1.54, 1.807) is 0 Å². The van der Waals surface area contributed by atoms with E-state index >= 15 is 0 Å². The zero-order valence-electron chi connectivity index (χ0n) is 14.2. The van der Waals surface area contributed by atoms with E-state index in [0.29, 0.717) is 5.69 Å². The molecule has 0 aliphatic rings. The second-order valence-corrected chi connectivity index (χ2v) is 5.51. The van der Waals surface area contributed by atoms with Crippen molar-refractivity contribution < 1.29 is 23.2 Å². The van der Waals surface area contributed by atoms with Crippen LogP contribution >= 0.6 is 0 Å². The Morgan fingerprint density at radius 3 is 2.23 bits per heavy atom. The SMILES string of the molecule is CC(=O)c1c(C)oc(NC(=O)CCC(=O)Nc2ccc(F)cc2)c1C#N. The number of nitrogens with one attached hydrogen (secondary N) is 2. The molecule has 0 saturated carbocycles. The molecule has 0 fully saturated rings. The third-order valence-corrected chi connectivity index (χ3v) is 3.51. The molecule has 1 aromatic carbocycles. The van der Waals surface area contributed by atoms with Crippen LogP contribution in [-0.2, 0) is 9.59 Å². The smallest absolute Gasteiger partial charge is 0.227 e. The number of halogens is 1. The molecule has 26 heavy (non-hydrogen) atoms. The number of benzene rings is 1. The summed E-state index contributed by atoms with van der Waals surface area (Å²) >= 11 is 0. The lowest BCUT2D eigenvalue weighted by Crippen LogP contribution is -2.17. The number of nitriles is 1. The number of rotatable bonds is 6. The van der Waals surface area contributed by atoms with Crippen LogP contribution in [0.4, 0.5) is 16.0 Å². The maximum Gasteiger partial charge on any atom is 0.227 e. The average Bonchev–Trinajstić information content (AvgIpc) is 2.90. The van der Waals surface area contributed by atoms with Gasteiger partial charge in [-0.2, -0.15) is 5.26 Å². The molecule has 134 valence electrons. The van der Waals surface area contributed by atoms with Crippen molar-refractivity contribution in [3.8, 4) is 6.07 Å². The van der Waals surface area contributed by atoms with Crippen LogP contribution in [0, 0.1) is 24.1 Å². The molecular weight excluding hydrogens is 341 g/mol. The van der Waals surface area contributed by atoms with Crippen molar-refractivity contribution in [3.63, 3.8) is 0 Å². The van der Waals surface area contributed by atoms with E-state index < -0.39 is 17.6 Å². The first-order valence-electron chi connectivity index (χ1n) is 7.71. The van der Waals surface area contributed by atoms with Gasteiger partial charge < -0.3 is 9.73 Å². The summed E-state index contributed by atoms with van der Waals surface area (Å²) in [5.74, 6) is -1.61. The van der Waals surface area contributed by atoms with Crippen molar-refractivity contribution in [2.75, 3.05) is 10.6 Å². The second kappa shape index (κ2) is 8.07. The molecule has 0 saturated heterocycles. The maximum absolute atomic E-state index is 12.8. The summed E-state index contributed by atoms with van der Waals surface area (Å²) in [7, 11) is 0. The van der Waals surface area contributed by atoms with E-state index in [0.717, 1.165) is 0 Å². The molecule has 0 aliphatic carbocycles. The van der Waals surface area contributed by atoms with Gasteiger partial charge in [-0.25, -0.2) is 4.39 Å². The highest BCUT2D eigenvalue weighted by atomic mass is 19.1. The lowest BCUT2D eigenvalue weighted by atomic mass is 10.1. The summed E-state index contributed by atoms with van der Waals surface area (Å²) < 4.78 is 18.1. The second-order valence-electron chi connectivity index (χ2n) is 5.51. The van der Waals surface area contributed by atoms with Crippen LogP contribution in [0.2, 0.25) is 0 Å². The topological polar surface area (TPSA) is 112 Å². The molecule has 0 atom stereocenters. The molecule has 1 heterocycles. The van der Waals surface area contributed by atoms with Gasteiger partial charge in [-0.3, -0.25) is 19.7 Å². The standard InChI is InChI=1S/C18H16FN3O4/c1-10(23)17-11(2)26-18(14(17)9-20)22-16(25)8-7-15(24)21-13-5-3-12(19)4-6-13/h3-6H,7-8H2,1-2H3,(H,21,24)(H,22,25). The van der Waals surface area contributed by atoms with Gasteiger partial charge in [0, 0.05) is 18.5 Å². The number of aryl methyl sites for hydroxylation is 1. The minimum Gasteiger partial charge on any atom is -0.443 e. The molecule has 0 bridgehead atoms. The first-order valence-corrected chi connectivity index (χ1v) is 7.71. The Morgan fingerprint density at radius 2 is 1.69 bits per heavy atom. The zero-order chi connectivity index (χ0) is 19.3. The van der Waals surface area contributed by atoms with Gasteiger partial charge in [0.25, 0.3) is 0 Å². The van der Waals surface area contributed by atoms with Gasteiger partial charge in [0.1, 0.15) is 23.2 Å². The number of carbonyl (C=O) groups is 3. The molecule has 2 N–H and O–H groups in total. The number of carbonyl (C=O) groups excluding carboxylic acids is 3. The maximum atomic E-state index is 12.8. The first-order chi connectivity index (χ1) is 12.3. The Hall–Kier alpha value is -3.47. The quantitative estimate of drug-likeness (QED) is 0.771. The Labute approximate surface area is 148 Å². The van der Waals surface area contributed by atoms with E-state index in [9.17, 15) is 24.0 Å². The van der Waals surface area contributed by atoms with Crippen molar-refractivity contribution in [2.45, 2.75) is 26.7 Å². The van der Waals surface area contributed by atoms with Crippen LogP contribution in [0.1, 0.15) is 41.4 Å². The summed E-state index contributed by atoms with van der Waals surface area (Å²) in [6.07, 6.45) is -0.280. The average molecular weight is 357 g/mol. The van der Waals surface area contributed by atoms with Crippen LogP contribution in [-0.4, -0.2) is 17.6 Å². The van der Waals surface area contributed by atoms with E-state index in [1.807, 2.05) is 6.07 Å². The monoisotopic (exact) mass is 357 g/mol. The number of Topliss-reactive ketones (excluding diaryl/α,β-unsaturated/α-hetero) is 1. The van der Waals surface area contributed by atoms with Gasteiger partial charge >= 0.3 is 0 Å². The van der Waals surface area contributed by atoms with Crippen molar-refractivity contribution >= 4 is 29.2 Å². The third kappa shape index (κ3) is 4.54. The van der Waals surface area contributed by atoms with Gasteiger partial charge in [-0.15, -0.1) is 0 Å². The Morgan fingerprint density at radius 1 is 1.12 bits per heavy atom. The first kappa shape index (κ1) is 18.9. The summed E-state index contributed by atoms with van der Waals surface area (Å²) in [5.41, 5.74) is 0.493. The van der Waals surface area contributed by atoms with Gasteiger partial charge in [-0.1, -0.05) is 0 Å². The molecule has 2 rings (SSSR count). The lowest BCUT2D eigenvalue weighted by Gasteiger charge is -2.05. The van der Waals surface area contributed by atoms with Crippen LogP contribution < -0.4 is 10.6 Å². The molecule has 1 aromatic heterocycles. The summed E-state index contributed by atoms with van der Waals surface area (Å²) in [6, 6.07) is 7.05. The highest BCUT2D eigenvalue weighted by Gasteiger charge is 2.22. The molecule has 8 heteroatoms. The Bertz CT molecular complexity index is 894. The predicted molar refractivity (Wildman–Crippen MR) is 91.1 cm³/mol. The van der Waals surface area contributed by atoms with E-state index in [1.165, 1.54) is 38.1 Å². The predicted octanol–water partition coefficient (Wildman–Crippen LogP) is 3.16. The zero-order valence-corrected chi connectivity index (χ0v) is 14.2. The number of anilines is 2. The van der Waals surface area contributed by atoms with E-state index in [4.69, 9.17) is 4.42 Å². The molecule has 7 nitrogen and oxygen atoms in total. The number of hydrogen-bond donors (Lipinski definition) is 2. The number of amides is 2. The molecular formula is C18H16FN3O4. The summed E-state index contributed by atoms with van der Waals surface area (Å²) in [4.78, 5) is 35.4. The normalized spacial score (nSPS) is 10.1. The number of nitrogens with zero attached hydrogens (tertiary/aromatic N) is 1. The molecule has 2 amide bonds. The van der Waals surface area contributed by atoms with Crippen LogP contribution in [0.15, 0.2) is 28.7 Å². The molecule has 0 spiro atoms. The molecule has 0 radical (unpaired) electrons. The van der Waals surface area contributed by atoms with Crippen LogP contribution in [0.3, 0.4) is 0 Å². The molecule has 0 unspecified atom stereocenters. The number of ketones is 1. The Balaban J connectivity index is 1.94. The van der Waals surface area contributed by atoms with E-state index in [-0.39, 0.29) is 41.4 Å². The largest absolute Gasteiger partial charge is 0.443 e. The van der Waals surface area contributed by atoms with Crippen LogP contribution in [0.25, 0.3) is 0 Å². The lowest BCUT2D eigenvalue weighted by molar-refractivity contribution is -0.121. The number of furan rings is 1. The molecule has 2 aromatic rings. The highest BCUT2D eigenvalue weighted by molar-refractivity contribution is 6.01. The van der Waals surface area contributed by atoms with Crippen molar-refractivity contribution in [1.82, 2.24) is 0 Å². The van der Waals surface area contributed by atoms with E-state index in [2.05, 4.69) is 10.6 Å². The van der Waals surface area contributed by atoms with Gasteiger partial charge in [0.15, 0.2) is 5.78 Å². The fraction of sp³-hybridized carbons (Fsp3) is 0.222. The van der Waals surface area contributed by atoms with Crippen molar-refractivity contribution in [1.29, 1.82) is 5.26 Å². The highest BCUT2D eigenvalue weighted by Crippen LogP contribution is 2.26. The van der Waals surface area contributed by atoms with Crippen molar-refractivity contribution in [2.24, 2.45) is 0 Å². The third-order valence-electron chi connectivity index (χ3n) is 3.51. The van der Waals surface area contributed by atoms with Gasteiger partial charge in [-0.05, 0) is 38.1 Å². The minimum absolute atomic E-state index is 0.0425. The van der Waals surface area contributed by atoms with Gasteiger partial charge in [0.2, 0.25) is 17.7 Å². The Kier molecular flexibility index (Phi) is 5.86. The summed E-state index contributed by atoms with van der Waals surface area (Å²) in [5, 5.41) is 14.1. The van der Waals surface area contributed by atoms with Gasteiger partial charge in [0.05, 0.1) is 5.56 Å². The minimum atomic E-state index is -0.542. The fourth-order valence-corrected chi connectivity index (χ4v) is 2.34. The number of hydrogen-bond acceptors (Lipinski definition) is 5. The fourth-order valence-electron chi connectivity index (χ4n) is 2.34. The summed E-state index contributed by atoms with van der Waals surface area (Å²) in [6.45, 7) is 2.81.